The smallest absolute Gasteiger partial charge is 0.163 e. The monoisotopic (exact) mass is 228 g/mol. The Balaban J connectivity index is 2.65. The third kappa shape index (κ3) is 3.30. The van der Waals surface area contributed by atoms with Crippen LogP contribution in [-0.4, -0.2) is 29.7 Å². The molecule has 0 bridgehead atoms. The van der Waals surface area contributed by atoms with Gasteiger partial charge in [0.25, 0.3) is 0 Å². The van der Waals surface area contributed by atoms with Crippen molar-refractivity contribution in [1.82, 2.24) is 0 Å². The number of ether oxygens (including phenoxy) is 2. The van der Waals surface area contributed by atoms with Gasteiger partial charge >= 0.3 is 0 Å². The highest BCUT2D eigenvalue weighted by molar-refractivity contribution is 4.94. The molecular weight excluding hydrogens is 204 g/mol. The molecule has 4 atom stereocenters. The van der Waals surface area contributed by atoms with Crippen LogP contribution >= 0.6 is 0 Å². The van der Waals surface area contributed by atoms with Gasteiger partial charge in [0.1, 0.15) is 0 Å². The van der Waals surface area contributed by atoms with E-state index in [1.807, 2.05) is 39.8 Å². The van der Waals surface area contributed by atoms with Crippen LogP contribution in [-0.2, 0) is 9.47 Å². The second-order valence-electron chi connectivity index (χ2n) is 5.07. The second-order valence-corrected chi connectivity index (χ2v) is 5.07. The fourth-order valence-electron chi connectivity index (χ4n) is 2.22. The molecule has 0 spiro atoms. The van der Waals surface area contributed by atoms with E-state index >= 15 is 0 Å². The summed E-state index contributed by atoms with van der Waals surface area (Å²) in [5.74, 6) is -0.122. The summed E-state index contributed by atoms with van der Waals surface area (Å²) in [6, 6.07) is 0. The first-order valence-electron chi connectivity index (χ1n) is 6.00. The Morgan fingerprint density at radius 1 is 1.38 bits per heavy atom. The van der Waals surface area contributed by atoms with Crippen molar-refractivity contribution in [3.63, 3.8) is 0 Å². The van der Waals surface area contributed by atoms with Crippen LogP contribution in [0.1, 0.15) is 34.6 Å². The van der Waals surface area contributed by atoms with Crippen LogP contribution in [0.25, 0.3) is 0 Å². The lowest BCUT2D eigenvalue weighted by Crippen LogP contribution is -2.33. The topological polar surface area (TPSA) is 38.7 Å². The maximum absolute atomic E-state index is 9.76. The fourth-order valence-corrected chi connectivity index (χ4v) is 2.22. The Kier molecular flexibility index (Phi) is 4.53. The van der Waals surface area contributed by atoms with E-state index in [4.69, 9.17) is 9.47 Å². The van der Waals surface area contributed by atoms with Gasteiger partial charge in [-0.3, -0.25) is 0 Å². The summed E-state index contributed by atoms with van der Waals surface area (Å²) in [7, 11) is 0. The molecule has 0 amide bonds. The van der Waals surface area contributed by atoms with Gasteiger partial charge in [0.2, 0.25) is 0 Å². The van der Waals surface area contributed by atoms with E-state index in [1.54, 1.807) is 0 Å². The first-order chi connectivity index (χ1) is 7.37. The first-order valence-corrected chi connectivity index (χ1v) is 6.00. The van der Waals surface area contributed by atoms with Crippen molar-refractivity contribution < 1.29 is 14.6 Å². The van der Waals surface area contributed by atoms with Gasteiger partial charge in [-0.05, 0) is 33.6 Å². The van der Waals surface area contributed by atoms with Gasteiger partial charge in [-0.25, -0.2) is 0 Å². The molecule has 0 aliphatic carbocycles. The zero-order valence-electron chi connectivity index (χ0n) is 10.9. The van der Waals surface area contributed by atoms with Gasteiger partial charge in [-0.1, -0.05) is 19.1 Å². The van der Waals surface area contributed by atoms with Gasteiger partial charge in [-0.15, -0.1) is 0 Å². The molecule has 0 unspecified atom stereocenters. The summed E-state index contributed by atoms with van der Waals surface area (Å²) in [6.07, 6.45) is 3.73. The van der Waals surface area contributed by atoms with Crippen molar-refractivity contribution in [3.05, 3.63) is 12.2 Å². The molecule has 1 fully saturated rings. The minimum Gasteiger partial charge on any atom is -0.393 e. The van der Waals surface area contributed by atoms with E-state index < -0.39 is 5.79 Å². The zero-order chi connectivity index (χ0) is 12.3. The molecule has 3 heteroatoms. The van der Waals surface area contributed by atoms with E-state index in [0.29, 0.717) is 6.61 Å². The maximum Gasteiger partial charge on any atom is 0.163 e. The van der Waals surface area contributed by atoms with Crippen LogP contribution in [0.15, 0.2) is 12.2 Å². The molecule has 0 aromatic rings. The minimum absolute atomic E-state index is 0.0609. The average molecular weight is 228 g/mol. The standard InChI is InChI=1S/C13H24O3/c1-6-7-11(10(3)14)9(2)12-8-15-13(4,5)16-12/h6-7,9-12,14H,8H2,1-5H3/b7-6-/t9-,10+,11-,12-/m0/s1. The van der Waals surface area contributed by atoms with Crippen molar-refractivity contribution in [2.75, 3.05) is 6.61 Å². The second kappa shape index (κ2) is 5.30. The van der Waals surface area contributed by atoms with Crippen LogP contribution in [0.4, 0.5) is 0 Å². The van der Waals surface area contributed by atoms with E-state index in [2.05, 4.69) is 6.92 Å². The summed E-state index contributed by atoms with van der Waals surface area (Å²) in [4.78, 5) is 0. The zero-order valence-corrected chi connectivity index (χ0v) is 10.9. The lowest BCUT2D eigenvalue weighted by atomic mass is 9.85. The fraction of sp³-hybridized carbons (Fsp3) is 0.846. The third-order valence-corrected chi connectivity index (χ3v) is 3.20. The van der Waals surface area contributed by atoms with Gasteiger partial charge in [0, 0.05) is 5.92 Å². The molecule has 16 heavy (non-hydrogen) atoms. The molecule has 1 saturated heterocycles. The van der Waals surface area contributed by atoms with Crippen molar-refractivity contribution in [1.29, 1.82) is 0 Å². The van der Waals surface area contributed by atoms with E-state index in [1.165, 1.54) is 0 Å². The molecule has 1 aliphatic rings. The van der Waals surface area contributed by atoms with Crippen molar-refractivity contribution in [2.45, 2.75) is 52.6 Å². The van der Waals surface area contributed by atoms with E-state index in [9.17, 15) is 5.11 Å². The molecule has 1 aliphatic heterocycles. The van der Waals surface area contributed by atoms with Crippen LogP contribution in [0.2, 0.25) is 0 Å². The highest BCUT2D eigenvalue weighted by Gasteiger charge is 2.38. The van der Waals surface area contributed by atoms with Crippen LogP contribution in [0, 0.1) is 11.8 Å². The molecule has 1 rings (SSSR count). The lowest BCUT2D eigenvalue weighted by molar-refractivity contribution is -0.146. The Morgan fingerprint density at radius 3 is 2.38 bits per heavy atom. The van der Waals surface area contributed by atoms with E-state index in [0.717, 1.165) is 0 Å². The summed E-state index contributed by atoms with van der Waals surface area (Å²) < 4.78 is 11.4. The van der Waals surface area contributed by atoms with E-state index in [-0.39, 0.29) is 24.0 Å². The predicted molar refractivity (Wildman–Crippen MR) is 64.1 cm³/mol. The highest BCUT2D eigenvalue weighted by Crippen LogP contribution is 2.31. The highest BCUT2D eigenvalue weighted by atomic mass is 16.7. The van der Waals surface area contributed by atoms with Gasteiger partial charge in [-0.2, -0.15) is 0 Å². The van der Waals surface area contributed by atoms with Gasteiger partial charge in [0.15, 0.2) is 5.79 Å². The number of aliphatic hydroxyl groups is 1. The first kappa shape index (κ1) is 13.7. The number of hydrogen-bond donors (Lipinski definition) is 1. The van der Waals surface area contributed by atoms with Gasteiger partial charge in [0.05, 0.1) is 18.8 Å². The summed E-state index contributed by atoms with van der Waals surface area (Å²) >= 11 is 0. The molecule has 94 valence electrons. The Hall–Kier alpha value is -0.380. The molecule has 0 saturated carbocycles. The SMILES string of the molecule is C/C=C\[C@@H]([C@H](C)[C@@H]1COC(C)(C)O1)[C@@H](C)O. The Morgan fingerprint density at radius 2 is 2.00 bits per heavy atom. The molecular formula is C13H24O3. The van der Waals surface area contributed by atoms with Crippen LogP contribution < -0.4 is 0 Å². The quantitative estimate of drug-likeness (QED) is 0.751. The number of rotatable bonds is 4. The summed E-state index contributed by atoms with van der Waals surface area (Å²) in [5, 5.41) is 9.76. The molecule has 1 N–H and O–H groups in total. The largest absolute Gasteiger partial charge is 0.393 e. The molecule has 0 radical (unpaired) electrons. The third-order valence-electron chi connectivity index (χ3n) is 3.20. The van der Waals surface area contributed by atoms with Crippen LogP contribution in [0.3, 0.4) is 0 Å². The molecule has 1 heterocycles. The molecule has 0 aromatic heterocycles. The maximum atomic E-state index is 9.76. The van der Waals surface area contributed by atoms with Crippen molar-refractivity contribution in [3.8, 4) is 0 Å². The summed E-state index contributed by atoms with van der Waals surface area (Å²) in [6.45, 7) is 10.3. The van der Waals surface area contributed by atoms with Crippen molar-refractivity contribution >= 4 is 0 Å². The normalized spacial score (nSPS) is 30.5. The van der Waals surface area contributed by atoms with Gasteiger partial charge < -0.3 is 14.6 Å². The summed E-state index contributed by atoms with van der Waals surface area (Å²) in [5.41, 5.74) is 0. The van der Waals surface area contributed by atoms with Crippen LogP contribution in [0.5, 0.6) is 0 Å². The average Bonchev–Trinajstić information content (AvgIpc) is 2.53. The predicted octanol–water partition coefficient (Wildman–Crippen LogP) is 2.35. The minimum atomic E-state index is -0.488. The Bertz CT molecular complexity index is 246. The lowest BCUT2D eigenvalue weighted by Gasteiger charge is -2.28. The number of aliphatic hydroxyl groups excluding tert-OH is 1. The number of hydrogen-bond acceptors (Lipinski definition) is 3. The van der Waals surface area contributed by atoms with Crippen molar-refractivity contribution in [2.24, 2.45) is 11.8 Å². The number of allylic oxidation sites excluding steroid dienone is 1. The Labute approximate surface area is 98.4 Å². The molecule has 3 nitrogen and oxygen atoms in total. The molecule has 0 aromatic carbocycles.